The minimum absolute atomic E-state index is 0.0458. The molecule has 1 aliphatic rings. The Labute approximate surface area is 91.2 Å². The molecule has 1 aromatic rings. The van der Waals surface area contributed by atoms with Crippen molar-refractivity contribution in [2.24, 2.45) is 0 Å². The molecule has 1 aliphatic heterocycles. The van der Waals surface area contributed by atoms with Gasteiger partial charge in [0, 0.05) is 0 Å². The van der Waals surface area contributed by atoms with E-state index >= 15 is 0 Å². The summed E-state index contributed by atoms with van der Waals surface area (Å²) in [6.45, 7) is 5.65. The van der Waals surface area contributed by atoms with Gasteiger partial charge in [-0.15, -0.1) is 0 Å². The van der Waals surface area contributed by atoms with E-state index in [2.05, 4.69) is 26.0 Å². The third-order valence-electron chi connectivity index (χ3n) is 3.29. The average molecular weight is 206 g/mol. The van der Waals surface area contributed by atoms with Gasteiger partial charge in [0.2, 0.25) is 0 Å². The SMILES string of the molecule is CCC1(OCc2ccccc2)COC1C. The molecule has 2 heteroatoms. The fourth-order valence-electron chi connectivity index (χ4n) is 1.89. The highest BCUT2D eigenvalue weighted by Crippen LogP contribution is 2.33. The maximum atomic E-state index is 5.99. The predicted octanol–water partition coefficient (Wildman–Crippen LogP) is 2.77. The molecule has 0 aliphatic carbocycles. The van der Waals surface area contributed by atoms with E-state index in [-0.39, 0.29) is 11.7 Å². The molecule has 82 valence electrons. The normalized spacial score (nSPS) is 29.9. The van der Waals surface area contributed by atoms with Crippen LogP contribution in [-0.4, -0.2) is 18.3 Å². The van der Waals surface area contributed by atoms with Crippen LogP contribution in [0.3, 0.4) is 0 Å². The zero-order chi connectivity index (χ0) is 10.7. The van der Waals surface area contributed by atoms with Gasteiger partial charge in [-0.2, -0.15) is 0 Å². The lowest BCUT2D eigenvalue weighted by Gasteiger charge is -2.46. The van der Waals surface area contributed by atoms with Gasteiger partial charge < -0.3 is 9.47 Å². The highest BCUT2D eigenvalue weighted by atomic mass is 16.6. The Morgan fingerprint density at radius 1 is 1.40 bits per heavy atom. The molecule has 2 unspecified atom stereocenters. The molecule has 15 heavy (non-hydrogen) atoms. The summed E-state index contributed by atoms with van der Waals surface area (Å²) in [5.74, 6) is 0. The molecule has 1 saturated heterocycles. The first-order chi connectivity index (χ1) is 7.27. The Morgan fingerprint density at radius 3 is 2.60 bits per heavy atom. The van der Waals surface area contributed by atoms with Crippen LogP contribution in [0, 0.1) is 0 Å². The van der Waals surface area contributed by atoms with Crippen LogP contribution in [0.1, 0.15) is 25.8 Å². The molecule has 0 spiro atoms. The molecular weight excluding hydrogens is 188 g/mol. The summed E-state index contributed by atoms with van der Waals surface area (Å²) in [4.78, 5) is 0. The standard InChI is InChI=1S/C13H18O2/c1-3-13(10-14-11(13)2)15-9-12-7-5-4-6-8-12/h4-8,11H,3,9-10H2,1-2H3. The van der Waals surface area contributed by atoms with Gasteiger partial charge in [-0.3, -0.25) is 0 Å². The van der Waals surface area contributed by atoms with Crippen molar-refractivity contribution in [2.75, 3.05) is 6.61 Å². The fraction of sp³-hybridized carbons (Fsp3) is 0.538. The molecule has 1 aromatic carbocycles. The lowest BCUT2D eigenvalue weighted by Crippen LogP contribution is -2.58. The van der Waals surface area contributed by atoms with Crippen LogP contribution < -0.4 is 0 Å². The lowest BCUT2D eigenvalue weighted by atomic mass is 9.90. The smallest absolute Gasteiger partial charge is 0.117 e. The molecule has 2 rings (SSSR count). The van der Waals surface area contributed by atoms with Crippen molar-refractivity contribution in [1.82, 2.24) is 0 Å². The van der Waals surface area contributed by atoms with Gasteiger partial charge >= 0.3 is 0 Å². The summed E-state index contributed by atoms with van der Waals surface area (Å²) >= 11 is 0. The molecule has 1 heterocycles. The van der Waals surface area contributed by atoms with E-state index in [1.54, 1.807) is 0 Å². The van der Waals surface area contributed by atoms with Gasteiger partial charge in [0.05, 0.1) is 19.3 Å². The van der Waals surface area contributed by atoms with E-state index in [0.717, 1.165) is 13.0 Å². The fourth-order valence-corrected chi connectivity index (χ4v) is 1.89. The van der Waals surface area contributed by atoms with Gasteiger partial charge in [0.15, 0.2) is 0 Å². The van der Waals surface area contributed by atoms with Crippen molar-refractivity contribution in [1.29, 1.82) is 0 Å². The predicted molar refractivity (Wildman–Crippen MR) is 59.7 cm³/mol. The average Bonchev–Trinajstić information content (AvgIpc) is 2.30. The van der Waals surface area contributed by atoms with Gasteiger partial charge in [-0.05, 0) is 18.9 Å². The van der Waals surface area contributed by atoms with Crippen molar-refractivity contribution >= 4 is 0 Å². The Balaban J connectivity index is 1.92. The summed E-state index contributed by atoms with van der Waals surface area (Å²) in [5.41, 5.74) is 1.18. The zero-order valence-corrected chi connectivity index (χ0v) is 9.40. The number of ether oxygens (including phenoxy) is 2. The van der Waals surface area contributed by atoms with Crippen molar-refractivity contribution in [3.8, 4) is 0 Å². The van der Waals surface area contributed by atoms with Crippen LogP contribution in [0.4, 0.5) is 0 Å². The summed E-state index contributed by atoms with van der Waals surface area (Å²) in [6, 6.07) is 10.3. The van der Waals surface area contributed by atoms with Gasteiger partial charge in [-0.1, -0.05) is 37.3 Å². The van der Waals surface area contributed by atoms with Crippen LogP contribution in [-0.2, 0) is 16.1 Å². The maximum absolute atomic E-state index is 5.99. The van der Waals surface area contributed by atoms with E-state index < -0.39 is 0 Å². The third-order valence-corrected chi connectivity index (χ3v) is 3.29. The number of hydrogen-bond donors (Lipinski definition) is 0. The number of rotatable bonds is 4. The summed E-state index contributed by atoms with van der Waals surface area (Å²) in [5, 5.41) is 0. The second-order valence-electron chi connectivity index (χ2n) is 4.15. The maximum Gasteiger partial charge on any atom is 0.117 e. The van der Waals surface area contributed by atoms with Crippen LogP contribution >= 0.6 is 0 Å². The minimum atomic E-state index is -0.0458. The summed E-state index contributed by atoms with van der Waals surface area (Å²) in [6.07, 6.45) is 1.24. The molecule has 0 amide bonds. The highest BCUT2D eigenvalue weighted by Gasteiger charge is 2.45. The largest absolute Gasteiger partial charge is 0.372 e. The van der Waals surface area contributed by atoms with Crippen molar-refractivity contribution in [3.63, 3.8) is 0 Å². The summed E-state index contributed by atoms with van der Waals surface area (Å²) in [7, 11) is 0. The molecule has 2 nitrogen and oxygen atoms in total. The van der Waals surface area contributed by atoms with Crippen molar-refractivity contribution < 1.29 is 9.47 Å². The Morgan fingerprint density at radius 2 is 2.13 bits per heavy atom. The number of benzene rings is 1. The number of hydrogen-bond acceptors (Lipinski definition) is 2. The Hall–Kier alpha value is -0.860. The summed E-state index contributed by atoms with van der Waals surface area (Å²) < 4.78 is 11.4. The Kier molecular flexibility index (Phi) is 3.08. The minimum Gasteiger partial charge on any atom is -0.372 e. The quantitative estimate of drug-likeness (QED) is 0.754. The molecule has 0 N–H and O–H groups in total. The topological polar surface area (TPSA) is 18.5 Å². The molecule has 0 radical (unpaired) electrons. The first kappa shape index (κ1) is 10.7. The van der Waals surface area contributed by atoms with E-state index in [1.807, 2.05) is 18.2 Å². The van der Waals surface area contributed by atoms with Gasteiger partial charge in [0.25, 0.3) is 0 Å². The van der Waals surface area contributed by atoms with Crippen molar-refractivity contribution in [2.45, 2.75) is 38.6 Å². The first-order valence-electron chi connectivity index (χ1n) is 5.56. The van der Waals surface area contributed by atoms with Crippen LogP contribution in [0.15, 0.2) is 30.3 Å². The molecular formula is C13H18O2. The van der Waals surface area contributed by atoms with Gasteiger partial charge in [0.1, 0.15) is 5.60 Å². The molecule has 0 aromatic heterocycles. The first-order valence-corrected chi connectivity index (χ1v) is 5.56. The van der Waals surface area contributed by atoms with E-state index in [4.69, 9.17) is 9.47 Å². The molecule has 1 fully saturated rings. The lowest BCUT2D eigenvalue weighted by molar-refractivity contribution is -0.260. The molecule has 2 atom stereocenters. The highest BCUT2D eigenvalue weighted by molar-refractivity contribution is 5.13. The van der Waals surface area contributed by atoms with Crippen LogP contribution in [0.5, 0.6) is 0 Å². The third kappa shape index (κ3) is 2.06. The van der Waals surface area contributed by atoms with E-state index in [1.165, 1.54) is 5.56 Å². The second kappa shape index (κ2) is 4.33. The van der Waals surface area contributed by atoms with E-state index in [0.29, 0.717) is 6.61 Å². The van der Waals surface area contributed by atoms with Crippen molar-refractivity contribution in [3.05, 3.63) is 35.9 Å². The zero-order valence-electron chi connectivity index (χ0n) is 9.40. The van der Waals surface area contributed by atoms with E-state index in [9.17, 15) is 0 Å². The molecule has 0 saturated carbocycles. The van der Waals surface area contributed by atoms with Gasteiger partial charge in [-0.25, -0.2) is 0 Å². The molecule has 0 bridgehead atoms. The van der Waals surface area contributed by atoms with Crippen LogP contribution in [0.25, 0.3) is 0 Å². The Bertz CT molecular complexity index is 306. The monoisotopic (exact) mass is 206 g/mol. The van der Waals surface area contributed by atoms with Crippen LogP contribution in [0.2, 0.25) is 0 Å². The second-order valence-corrected chi connectivity index (χ2v) is 4.15.